The Morgan fingerprint density at radius 2 is 1.76 bits per heavy atom. The Kier molecular flexibility index (Phi) is 11.6. The molecule has 14 heteroatoms. The highest BCUT2D eigenvalue weighted by Gasteiger charge is 2.38. The van der Waals surface area contributed by atoms with Crippen LogP contribution in [0.4, 0.5) is 0 Å². The molecule has 4 amide bonds. The zero-order chi connectivity index (χ0) is 25.1. The molecule has 0 aromatic rings. The van der Waals surface area contributed by atoms with Gasteiger partial charge in [-0.25, -0.2) is 4.79 Å². The Balaban J connectivity index is 2.88. The standard InChI is InChI=1S/C19H31N5O8S/c1-33-8-6-11(16(28)23-12(19(31)32)9-14(21)25)22-17(29)13-3-2-7-24(13)18(30)10(20)4-5-15(26)27/h10-13H,2-9,20H2,1H3,(H2,21,25)(H,22,29)(H,23,28)(H,26,27)(H,31,32). The molecule has 1 aliphatic heterocycles. The first-order chi connectivity index (χ1) is 15.5. The molecule has 0 bridgehead atoms. The van der Waals surface area contributed by atoms with Gasteiger partial charge in [-0.1, -0.05) is 0 Å². The van der Waals surface area contributed by atoms with Crippen LogP contribution in [0.15, 0.2) is 0 Å². The van der Waals surface area contributed by atoms with Gasteiger partial charge < -0.3 is 37.2 Å². The first-order valence-electron chi connectivity index (χ1n) is 10.4. The summed E-state index contributed by atoms with van der Waals surface area (Å²) < 4.78 is 0. The number of likely N-dealkylation sites (tertiary alicyclic amines) is 1. The molecule has 1 rings (SSSR count). The first kappa shape index (κ1) is 28.2. The third-order valence-corrected chi connectivity index (χ3v) is 5.73. The van der Waals surface area contributed by atoms with Crippen LogP contribution in [-0.2, 0) is 28.8 Å². The van der Waals surface area contributed by atoms with Crippen molar-refractivity contribution in [1.29, 1.82) is 0 Å². The Morgan fingerprint density at radius 1 is 1.09 bits per heavy atom. The van der Waals surface area contributed by atoms with Crippen molar-refractivity contribution in [2.24, 2.45) is 11.5 Å². The summed E-state index contributed by atoms with van der Waals surface area (Å²) in [7, 11) is 0. The molecule has 13 nitrogen and oxygen atoms in total. The number of rotatable bonds is 14. The van der Waals surface area contributed by atoms with E-state index >= 15 is 0 Å². The van der Waals surface area contributed by atoms with Gasteiger partial charge in [-0.05, 0) is 37.7 Å². The average molecular weight is 490 g/mol. The Morgan fingerprint density at radius 3 is 2.30 bits per heavy atom. The number of nitrogens with one attached hydrogen (secondary N) is 2. The molecule has 4 atom stereocenters. The summed E-state index contributed by atoms with van der Waals surface area (Å²) in [6, 6.07) is -4.60. The van der Waals surface area contributed by atoms with Gasteiger partial charge in [0.25, 0.3) is 0 Å². The maximum atomic E-state index is 12.9. The highest BCUT2D eigenvalue weighted by atomic mass is 32.2. The molecule has 0 aromatic carbocycles. The van der Waals surface area contributed by atoms with E-state index in [1.165, 1.54) is 16.7 Å². The number of carboxylic acids is 2. The SMILES string of the molecule is CSCCC(NC(=O)C1CCCN1C(=O)C(N)CCC(=O)O)C(=O)NC(CC(N)=O)C(=O)O. The van der Waals surface area contributed by atoms with Crippen LogP contribution >= 0.6 is 11.8 Å². The highest BCUT2D eigenvalue weighted by molar-refractivity contribution is 7.98. The van der Waals surface area contributed by atoms with Crippen molar-refractivity contribution in [2.75, 3.05) is 18.6 Å². The predicted octanol–water partition coefficient (Wildman–Crippen LogP) is -2.15. The van der Waals surface area contributed by atoms with Crippen molar-refractivity contribution in [1.82, 2.24) is 15.5 Å². The molecule has 1 aliphatic rings. The second-order valence-corrected chi connectivity index (χ2v) is 8.63. The van der Waals surface area contributed by atoms with Crippen molar-refractivity contribution in [3.8, 4) is 0 Å². The van der Waals surface area contributed by atoms with E-state index in [1.54, 1.807) is 6.26 Å². The van der Waals surface area contributed by atoms with Gasteiger partial charge >= 0.3 is 11.9 Å². The fourth-order valence-electron chi connectivity index (χ4n) is 3.36. The summed E-state index contributed by atoms with van der Waals surface area (Å²) in [6.07, 6.45) is 1.86. The number of hydrogen-bond donors (Lipinski definition) is 6. The van der Waals surface area contributed by atoms with E-state index in [4.69, 9.17) is 16.6 Å². The zero-order valence-corrected chi connectivity index (χ0v) is 19.1. The number of carbonyl (C=O) groups excluding carboxylic acids is 4. The first-order valence-corrected chi connectivity index (χ1v) is 11.8. The monoisotopic (exact) mass is 489 g/mol. The number of thioether (sulfide) groups is 1. The summed E-state index contributed by atoms with van der Waals surface area (Å²) in [5.74, 6) is -4.92. The molecular formula is C19H31N5O8S. The van der Waals surface area contributed by atoms with Crippen LogP contribution in [0.25, 0.3) is 0 Å². The molecule has 186 valence electrons. The number of carbonyl (C=O) groups is 6. The Labute approximate surface area is 195 Å². The molecule has 4 unspecified atom stereocenters. The van der Waals surface area contributed by atoms with E-state index in [2.05, 4.69) is 10.6 Å². The van der Waals surface area contributed by atoms with Gasteiger partial charge in [0.05, 0.1) is 12.5 Å². The lowest BCUT2D eigenvalue weighted by molar-refractivity contribution is -0.144. The Hall–Kier alpha value is -2.87. The van der Waals surface area contributed by atoms with Crippen molar-refractivity contribution < 1.29 is 39.0 Å². The third kappa shape index (κ3) is 9.26. The van der Waals surface area contributed by atoms with Gasteiger partial charge in [0.2, 0.25) is 23.6 Å². The smallest absolute Gasteiger partial charge is 0.326 e. The second kappa shape index (κ2) is 13.6. The van der Waals surface area contributed by atoms with Crippen molar-refractivity contribution >= 4 is 47.3 Å². The van der Waals surface area contributed by atoms with Gasteiger partial charge in [0.15, 0.2) is 0 Å². The number of aliphatic carboxylic acids is 2. The van der Waals surface area contributed by atoms with E-state index in [-0.39, 0.29) is 25.8 Å². The van der Waals surface area contributed by atoms with Gasteiger partial charge in [-0.15, -0.1) is 0 Å². The van der Waals surface area contributed by atoms with Crippen molar-refractivity contribution in [3.05, 3.63) is 0 Å². The largest absolute Gasteiger partial charge is 0.481 e. The summed E-state index contributed by atoms with van der Waals surface area (Å²) in [5.41, 5.74) is 10.8. The molecule has 0 radical (unpaired) electrons. The molecule has 0 spiro atoms. The van der Waals surface area contributed by atoms with Crippen LogP contribution in [0, 0.1) is 0 Å². The number of primary amides is 1. The van der Waals surface area contributed by atoms with E-state index in [1.807, 2.05) is 0 Å². The number of nitrogens with zero attached hydrogens (tertiary/aromatic N) is 1. The van der Waals surface area contributed by atoms with E-state index in [0.29, 0.717) is 18.6 Å². The number of nitrogens with two attached hydrogens (primary N) is 2. The van der Waals surface area contributed by atoms with Crippen molar-refractivity contribution in [3.63, 3.8) is 0 Å². The van der Waals surface area contributed by atoms with E-state index in [9.17, 15) is 33.9 Å². The molecule has 1 saturated heterocycles. The van der Waals surface area contributed by atoms with Crippen LogP contribution in [0.5, 0.6) is 0 Å². The Bertz CT molecular complexity index is 764. The molecule has 33 heavy (non-hydrogen) atoms. The number of hydrogen-bond acceptors (Lipinski definition) is 8. The molecule has 0 saturated carbocycles. The molecule has 8 N–H and O–H groups in total. The quantitative estimate of drug-likeness (QED) is 0.155. The third-order valence-electron chi connectivity index (χ3n) is 5.09. The lowest BCUT2D eigenvalue weighted by Gasteiger charge is -2.28. The van der Waals surface area contributed by atoms with Crippen LogP contribution in [0.3, 0.4) is 0 Å². The fraction of sp³-hybridized carbons (Fsp3) is 0.684. The lowest BCUT2D eigenvalue weighted by atomic mass is 10.1. The minimum Gasteiger partial charge on any atom is -0.481 e. The van der Waals surface area contributed by atoms with Gasteiger partial charge in [-0.2, -0.15) is 11.8 Å². The molecular weight excluding hydrogens is 458 g/mol. The second-order valence-electron chi connectivity index (χ2n) is 7.64. The topological polar surface area (TPSA) is 222 Å². The summed E-state index contributed by atoms with van der Waals surface area (Å²) in [6.45, 7) is 0.263. The van der Waals surface area contributed by atoms with Crippen LogP contribution in [0.2, 0.25) is 0 Å². The minimum atomic E-state index is -1.54. The number of carboxylic acid groups (broad SMARTS) is 2. The maximum Gasteiger partial charge on any atom is 0.326 e. The average Bonchev–Trinajstić information content (AvgIpc) is 3.23. The van der Waals surface area contributed by atoms with E-state index in [0.717, 1.165) is 0 Å². The zero-order valence-electron chi connectivity index (χ0n) is 18.3. The van der Waals surface area contributed by atoms with E-state index < -0.39 is 66.2 Å². The highest BCUT2D eigenvalue weighted by Crippen LogP contribution is 2.19. The maximum absolute atomic E-state index is 12.9. The summed E-state index contributed by atoms with van der Waals surface area (Å²) >= 11 is 1.41. The van der Waals surface area contributed by atoms with Crippen LogP contribution in [-0.4, -0.2) is 93.4 Å². The number of amides is 4. The van der Waals surface area contributed by atoms with Crippen LogP contribution < -0.4 is 22.1 Å². The van der Waals surface area contributed by atoms with Gasteiger partial charge in [-0.3, -0.25) is 24.0 Å². The van der Waals surface area contributed by atoms with Crippen LogP contribution in [0.1, 0.15) is 38.5 Å². The predicted molar refractivity (Wildman–Crippen MR) is 118 cm³/mol. The fourth-order valence-corrected chi connectivity index (χ4v) is 3.84. The molecule has 0 aromatic heterocycles. The summed E-state index contributed by atoms with van der Waals surface area (Å²) in [4.78, 5) is 72.6. The molecule has 1 fully saturated rings. The normalized spacial score (nSPS) is 18.1. The van der Waals surface area contributed by atoms with Crippen molar-refractivity contribution in [2.45, 2.75) is 62.7 Å². The minimum absolute atomic E-state index is 0.0752. The summed E-state index contributed by atoms with van der Waals surface area (Å²) in [5, 5.41) is 22.7. The van der Waals surface area contributed by atoms with Gasteiger partial charge in [0.1, 0.15) is 18.1 Å². The molecule has 0 aliphatic carbocycles. The lowest BCUT2D eigenvalue weighted by Crippen LogP contribution is -2.57. The van der Waals surface area contributed by atoms with Gasteiger partial charge in [0, 0.05) is 13.0 Å². The molecule has 1 heterocycles.